The van der Waals surface area contributed by atoms with Gasteiger partial charge in [0.1, 0.15) is 0 Å². The van der Waals surface area contributed by atoms with Crippen LogP contribution in [0.1, 0.15) is 400 Å². The summed E-state index contributed by atoms with van der Waals surface area (Å²) in [7, 11) is 0. The van der Waals surface area contributed by atoms with Crippen molar-refractivity contribution in [3.05, 3.63) is 0 Å². The van der Waals surface area contributed by atoms with Crippen molar-refractivity contribution >= 4 is 0 Å². The van der Waals surface area contributed by atoms with Crippen molar-refractivity contribution in [2.45, 2.75) is 443 Å². The van der Waals surface area contributed by atoms with E-state index < -0.39 is 86.6 Å². The highest BCUT2D eigenvalue weighted by molar-refractivity contribution is 4.96. The summed E-state index contributed by atoms with van der Waals surface area (Å²) in [6.45, 7) is 76.1. The van der Waals surface area contributed by atoms with Gasteiger partial charge in [-0.15, -0.1) is 0 Å². The molecule has 0 bridgehead atoms. The minimum Gasteiger partial charge on any atom is -0.171 e. The van der Waals surface area contributed by atoms with E-state index in [9.17, 15) is 92.2 Å². The summed E-state index contributed by atoms with van der Waals surface area (Å²) < 4.78 is 265. The van der Waals surface area contributed by atoms with E-state index in [-0.39, 0.29) is 98.7 Å². The zero-order chi connectivity index (χ0) is 89.2. The van der Waals surface area contributed by atoms with E-state index in [1.807, 2.05) is 83.1 Å². The minimum absolute atomic E-state index is 0.0478. The Morgan fingerprint density at radius 1 is 0.224 bits per heavy atom. The van der Waals surface area contributed by atoms with E-state index in [2.05, 4.69) is 76.2 Å². The van der Waals surface area contributed by atoms with Gasteiger partial charge in [-0.05, 0) is 139 Å². The first-order chi connectivity index (χ1) is 47.0. The molecule has 0 radical (unpaired) electrons. The molecule has 0 spiro atoms. The largest absolute Gasteiger partial charge is 0.394 e. The molecule has 5 atom stereocenters. The lowest BCUT2D eigenvalue weighted by Gasteiger charge is -2.46. The van der Waals surface area contributed by atoms with Crippen LogP contribution in [0.5, 0.6) is 0 Å². The third kappa shape index (κ3) is 37.8. The molecule has 21 heteroatoms. The van der Waals surface area contributed by atoms with Crippen LogP contribution in [0, 0.1) is 113 Å². The molecule has 5 unspecified atom stereocenters. The maximum absolute atomic E-state index is 13.1. The van der Waals surface area contributed by atoms with Gasteiger partial charge in [0.2, 0.25) is 0 Å². The lowest BCUT2D eigenvalue weighted by molar-refractivity contribution is -0.259. The van der Waals surface area contributed by atoms with Crippen LogP contribution in [0.3, 0.4) is 0 Å². The third-order valence-corrected chi connectivity index (χ3v) is 26.8. The van der Waals surface area contributed by atoms with Crippen LogP contribution >= 0.6 is 0 Å². The summed E-state index contributed by atoms with van der Waals surface area (Å²) in [5.41, 5.74) is -9.86. The van der Waals surface area contributed by atoms with Crippen molar-refractivity contribution in [2.24, 2.45) is 113 Å². The van der Waals surface area contributed by atoms with Crippen LogP contribution in [0.4, 0.5) is 92.2 Å². The Labute approximate surface area is 645 Å². The minimum atomic E-state index is -4.12. The maximum Gasteiger partial charge on any atom is 0.394 e. The lowest BCUT2D eigenvalue weighted by atomic mass is 9.60. The average Bonchev–Trinajstić information content (AvgIpc) is 0.774. The number of rotatable bonds is 26. The van der Waals surface area contributed by atoms with Gasteiger partial charge in [0.05, 0.1) is 37.9 Å². The molecule has 0 heterocycles. The van der Waals surface area contributed by atoms with E-state index in [4.69, 9.17) is 0 Å². The molecule has 0 N–H and O–H groups in total. The SMILES string of the molecule is CC(C)C(C(C)C)C(C)(C)C(F)(F)F.CCC(C)(C(C(C)C)C(C)C)C(F)(F)F.CCC(C)(C(C)C)C(F)(F)F.CCC(C)(CC)C(C)(C)C.CCC(C)(CC)C(C)(CC)C(F)(F)F.CCC(C)(CC)C(F)(F)F.CCC(CC)C(C)(C)C.CCC(CC)C(C)(CC)C(F)(F)F.CCCC(C)(CC)C(F)(F)F. The second-order valence-corrected chi connectivity index (χ2v) is 36.5. The van der Waals surface area contributed by atoms with Gasteiger partial charge in [0.25, 0.3) is 0 Å². The number of halogens is 21. The Morgan fingerprint density at radius 2 is 0.477 bits per heavy atom. The highest BCUT2D eigenvalue weighted by Gasteiger charge is 2.60. The lowest BCUT2D eigenvalue weighted by Crippen LogP contribution is -2.47. The zero-order valence-corrected chi connectivity index (χ0v) is 76.2. The first-order valence-electron chi connectivity index (χ1n) is 40.5. The highest BCUT2D eigenvalue weighted by atomic mass is 19.4. The Kier molecular flexibility index (Phi) is 57.2. The first kappa shape index (κ1) is 124. The Hall–Kier alpha value is -1.47. The number of hydrogen-bond donors (Lipinski definition) is 0. The molecule has 0 aromatic heterocycles. The predicted molar refractivity (Wildman–Crippen MR) is 417 cm³/mol. The summed E-state index contributed by atoms with van der Waals surface area (Å²) >= 11 is 0. The molecule has 0 saturated heterocycles. The van der Waals surface area contributed by atoms with Crippen LogP contribution < -0.4 is 0 Å². The quantitative estimate of drug-likeness (QED) is 0.0757. The summed E-state index contributed by atoms with van der Waals surface area (Å²) in [6.07, 6.45) is -19.1. The van der Waals surface area contributed by atoms with E-state index in [0.717, 1.165) is 5.92 Å². The van der Waals surface area contributed by atoms with Gasteiger partial charge >= 0.3 is 43.2 Å². The molecule has 0 aliphatic carbocycles. The molecule has 0 amide bonds. The molecule has 107 heavy (non-hydrogen) atoms. The standard InChI is InChI=1S/C12H23F3.2C11H21F3.C10H19F3.C10H22.C9H20.2C8H15F3.C7H13F3/c1-7-11(6,12(13,14)15)10(8(2)3)9(4)5;1-7(2)9(8(3)4)10(5,6)11(12,13)14;1-6-9(4,7-2)10(5,8-3)11(12,13)14;1-5-8(6-2)9(4,7-3)10(11,12)13;1-7-10(6,8-2)9(3,4)5;1-6-8(7-2)9(3,4)5;1-5-7(4,6(2)3)8(9,10)11;1-4-6-7(3,5-2)8(9,10)11;1-4-6(3,5-2)7(8,9)10/h8-10H,7H2,1-6H3;7-9H,1-6H3;6-8H2,1-5H3;8H,5-7H2,1-4H3;7-8H2,1-6H3;8H,6-7H2,1-5H3;6H,5H2,1-4H3;4-6H2,1-3H3;4-5H2,1-3H3. The molecule has 0 fully saturated rings. The predicted octanol–water partition coefficient (Wildman–Crippen LogP) is 36.7. The fourth-order valence-electron chi connectivity index (χ4n) is 14.9. The van der Waals surface area contributed by atoms with Crippen molar-refractivity contribution < 1.29 is 92.2 Å². The smallest absolute Gasteiger partial charge is 0.171 e. The Morgan fingerprint density at radius 3 is 0.523 bits per heavy atom. The van der Waals surface area contributed by atoms with Crippen LogP contribution in [0.25, 0.3) is 0 Å². The van der Waals surface area contributed by atoms with Crippen molar-refractivity contribution in [3.8, 4) is 0 Å². The molecular weight excluding hydrogens is 1430 g/mol. The van der Waals surface area contributed by atoms with Crippen LogP contribution in [-0.4, -0.2) is 43.2 Å². The normalized spacial score (nSPS) is 16.3. The summed E-state index contributed by atoms with van der Waals surface area (Å²) in [6, 6.07) is 0. The van der Waals surface area contributed by atoms with Crippen LogP contribution in [-0.2, 0) is 0 Å². The van der Waals surface area contributed by atoms with E-state index >= 15 is 0 Å². The van der Waals surface area contributed by atoms with Gasteiger partial charge < -0.3 is 0 Å². The van der Waals surface area contributed by atoms with Gasteiger partial charge in [-0.3, -0.25) is 0 Å². The molecular formula is C86H169F21. The fraction of sp³-hybridized carbons (Fsp3) is 1.00. The monoisotopic (exact) mass is 1600 g/mol. The van der Waals surface area contributed by atoms with Crippen molar-refractivity contribution in [2.75, 3.05) is 0 Å². The fourth-order valence-corrected chi connectivity index (χ4v) is 14.9. The van der Waals surface area contributed by atoms with Gasteiger partial charge in [-0.25, -0.2) is 0 Å². The van der Waals surface area contributed by atoms with E-state index in [1.165, 1.54) is 81.1 Å². The van der Waals surface area contributed by atoms with Crippen LogP contribution in [0.15, 0.2) is 0 Å². The van der Waals surface area contributed by atoms with Gasteiger partial charge in [-0.2, -0.15) is 92.2 Å². The number of hydrogen-bond acceptors (Lipinski definition) is 0. The summed E-state index contributed by atoms with van der Waals surface area (Å²) in [5, 5.41) is 0. The van der Waals surface area contributed by atoms with Crippen LogP contribution in [0.2, 0.25) is 0 Å². The van der Waals surface area contributed by atoms with E-state index in [0.29, 0.717) is 48.3 Å². The molecule has 0 aliphatic rings. The Bertz CT molecular complexity index is 2110. The second kappa shape index (κ2) is 49.4. The highest BCUT2D eigenvalue weighted by Crippen LogP contribution is 2.58. The molecule has 0 aliphatic heterocycles. The molecule has 0 rings (SSSR count). The number of alkyl halides is 21. The zero-order valence-electron chi connectivity index (χ0n) is 76.2. The molecule has 0 saturated carbocycles. The summed E-state index contributed by atoms with van der Waals surface area (Å²) in [4.78, 5) is 0. The molecule has 660 valence electrons. The molecule has 0 aromatic carbocycles. The topological polar surface area (TPSA) is 0 Å². The van der Waals surface area contributed by atoms with Crippen molar-refractivity contribution in [1.82, 2.24) is 0 Å². The van der Waals surface area contributed by atoms with Gasteiger partial charge in [-0.1, -0.05) is 336 Å². The third-order valence-electron chi connectivity index (χ3n) is 26.8. The van der Waals surface area contributed by atoms with Crippen molar-refractivity contribution in [1.29, 1.82) is 0 Å². The van der Waals surface area contributed by atoms with Crippen molar-refractivity contribution in [3.63, 3.8) is 0 Å². The Balaban J connectivity index is -0.000000145. The average molecular weight is 1600 g/mol. The van der Waals surface area contributed by atoms with E-state index in [1.54, 1.807) is 76.2 Å². The maximum atomic E-state index is 13.1. The second-order valence-electron chi connectivity index (χ2n) is 36.5. The van der Waals surface area contributed by atoms with Gasteiger partial charge in [0.15, 0.2) is 0 Å². The first-order valence-corrected chi connectivity index (χ1v) is 40.5. The summed E-state index contributed by atoms with van der Waals surface area (Å²) in [5.74, 6) is -0.154. The van der Waals surface area contributed by atoms with Gasteiger partial charge in [0, 0.05) is 0 Å². The molecule has 0 aromatic rings. The molecule has 0 nitrogen and oxygen atoms in total.